The summed E-state index contributed by atoms with van der Waals surface area (Å²) in [5, 5.41) is 21.1. The molecule has 0 aliphatic carbocycles. The number of aldehydes is 2. The van der Waals surface area contributed by atoms with Crippen LogP contribution in [-0.4, -0.2) is 35.2 Å². The first-order valence-electron chi connectivity index (χ1n) is 11.7. The molecular weight excluding hydrogens is 511 g/mol. The normalized spacial score (nSPS) is 12.1. The first-order chi connectivity index (χ1) is 16.8. The van der Waals surface area contributed by atoms with Gasteiger partial charge in [0.2, 0.25) is 0 Å². The molecule has 7 heteroatoms. The van der Waals surface area contributed by atoms with E-state index < -0.39 is 0 Å². The predicted molar refractivity (Wildman–Crippen MR) is 145 cm³/mol. The zero-order chi connectivity index (χ0) is 26.7. The second-order valence-corrected chi connectivity index (χ2v) is 10.7. The third kappa shape index (κ3) is 7.02. The summed E-state index contributed by atoms with van der Waals surface area (Å²) in [6, 6.07) is 14.2. The number of rotatable bonds is 6. The van der Waals surface area contributed by atoms with E-state index >= 15 is 0 Å². The van der Waals surface area contributed by atoms with Crippen molar-refractivity contribution < 1.29 is 36.3 Å². The number of aromatic hydroxyl groups is 2. The van der Waals surface area contributed by atoms with Gasteiger partial charge in [0.15, 0.2) is 12.6 Å². The minimum absolute atomic E-state index is 0. The van der Waals surface area contributed by atoms with E-state index in [9.17, 15) is 19.8 Å². The monoisotopic (exact) mass is 542 g/mol. The molecule has 0 spiro atoms. The van der Waals surface area contributed by atoms with Crippen molar-refractivity contribution in [2.45, 2.75) is 52.4 Å². The fourth-order valence-corrected chi connectivity index (χ4v) is 3.56. The standard InChI is InChI=1S/C30H32N2O4.Ni/c1-29(2,3)23-11-19(27(35)21(13-23)17-33)15-31-25-9-7-8-10-26(25)32-16-20-12-24(30(4,5)6)14-22(18-34)28(20)36;/h7-18,35-36H,1-6H3;. The van der Waals surface area contributed by atoms with Crippen LogP contribution in [0, 0.1) is 0 Å². The number of benzene rings is 3. The molecule has 0 aliphatic rings. The molecule has 0 radical (unpaired) electrons. The summed E-state index contributed by atoms with van der Waals surface area (Å²) >= 11 is 0. The number of hydrogen-bond donors (Lipinski definition) is 2. The van der Waals surface area contributed by atoms with E-state index in [1.54, 1.807) is 24.3 Å². The van der Waals surface area contributed by atoms with Crippen LogP contribution in [0.15, 0.2) is 58.5 Å². The number of carbonyl (C=O) groups excluding carboxylic acids is 2. The molecule has 0 amide bonds. The van der Waals surface area contributed by atoms with Crippen LogP contribution >= 0.6 is 0 Å². The van der Waals surface area contributed by atoms with Crippen LogP contribution in [0.5, 0.6) is 11.5 Å². The molecule has 0 bridgehead atoms. The minimum Gasteiger partial charge on any atom is -0.507 e. The Morgan fingerprint density at radius 3 is 1.24 bits per heavy atom. The van der Waals surface area contributed by atoms with E-state index in [0.29, 0.717) is 35.1 Å². The minimum atomic E-state index is -0.222. The van der Waals surface area contributed by atoms with Crippen molar-refractivity contribution in [2.24, 2.45) is 9.98 Å². The van der Waals surface area contributed by atoms with Gasteiger partial charge in [0, 0.05) is 40.0 Å². The zero-order valence-corrected chi connectivity index (χ0v) is 22.8. The van der Waals surface area contributed by atoms with Crippen LogP contribution < -0.4 is 0 Å². The topological polar surface area (TPSA) is 99.3 Å². The average Bonchev–Trinajstić information content (AvgIpc) is 2.81. The number of hydrogen-bond acceptors (Lipinski definition) is 6. The van der Waals surface area contributed by atoms with Gasteiger partial charge in [0.1, 0.15) is 11.5 Å². The summed E-state index contributed by atoms with van der Waals surface area (Å²) in [6.07, 6.45) is 4.28. The predicted octanol–water partition coefficient (Wildman–Crippen LogP) is 6.82. The maximum absolute atomic E-state index is 11.5. The van der Waals surface area contributed by atoms with Gasteiger partial charge in [-0.25, -0.2) is 0 Å². The SMILES string of the molecule is CC(C)(C)c1cc(C=O)c(O)c(C=Nc2ccccc2N=Cc2cc(C(C)(C)C)cc(C=O)c2O)c1.[Ni]. The number of para-hydroxylation sites is 2. The van der Waals surface area contributed by atoms with Crippen LogP contribution in [0.1, 0.15) is 84.5 Å². The molecule has 6 nitrogen and oxygen atoms in total. The number of phenolic OH excluding ortho intramolecular Hbond substituents is 2. The van der Waals surface area contributed by atoms with Gasteiger partial charge in [-0.1, -0.05) is 53.7 Å². The summed E-state index contributed by atoms with van der Waals surface area (Å²) in [6.45, 7) is 12.2. The quantitative estimate of drug-likeness (QED) is 0.203. The van der Waals surface area contributed by atoms with Crippen molar-refractivity contribution in [1.82, 2.24) is 0 Å². The molecule has 0 heterocycles. The molecule has 0 aromatic heterocycles. The number of nitrogens with zero attached hydrogens (tertiary/aromatic N) is 2. The Hall–Kier alpha value is -3.57. The van der Waals surface area contributed by atoms with Crippen molar-refractivity contribution in [3.8, 4) is 11.5 Å². The summed E-state index contributed by atoms with van der Waals surface area (Å²) in [5.74, 6) is -0.263. The van der Waals surface area contributed by atoms with Crippen molar-refractivity contribution in [2.75, 3.05) is 0 Å². The Bertz CT molecular complexity index is 1260. The Kier molecular flexibility index (Phi) is 9.34. The van der Waals surface area contributed by atoms with Crippen LogP contribution in [0.3, 0.4) is 0 Å². The van der Waals surface area contributed by atoms with Gasteiger partial charge in [-0.05, 0) is 58.4 Å². The number of carbonyl (C=O) groups is 2. The Balaban J connectivity index is 0.00000481. The molecule has 0 atom stereocenters. The van der Waals surface area contributed by atoms with Crippen molar-refractivity contribution in [3.63, 3.8) is 0 Å². The molecule has 0 unspecified atom stereocenters. The smallest absolute Gasteiger partial charge is 0.153 e. The van der Waals surface area contributed by atoms with Gasteiger partial charge >= 0.3 is 0 Å². The summed E-state index contributed by atoms with van der Waals surface area (Å²) in [5.41, 5.74) is 3.67. The van der Waals surface area contributed by atoms with Gasteiger partial charge in [-0.15, -0.1) is 0 Å². The van der Waals surface area contributed by atoms with E-state index in [-0.39, 0.29) is 49.9 Å². The van der Waals surface area contributed by atoms with E-state index in [1.807, 2.05) is 65.8 Å². The largest absolute Gasteiger partial charge is 0.507 e. The van der Waals surface area contributed by atoms with Crippen molar-refractivity contribution in [1.29, 1.82) is 0 Å². The Morgan fingerprint density at radius 1 is 0.622 bits per heavy atom. The van der Waals surface area contributed by atoms with Gasteiger partial charge < -0.3 is 10.2 Å². The second kappa shape index (κ2) is 11.7. The molecule has 196 valence electrons. The molecule has 3 rings (SSSR count). The first-order valence-corrected chi connectivity index (χ1v) is 11.7. The molecule has 0 saturated carbocycles. The Morgan fingerprint density at radius 2 is 0.946 bits per heavy atom. The molecule has 0 aliphatic heterocycles. The van der Waals surface area contributed by atoms with Crippen LogP contribution in [0.4, 0.5) is 11.4 Å². The van der Waals surface area contributed by atoms with E-state index in [4.69, 9.17) is 0 Å². The molecule has 3 aromatic carbocycles. The summed E-state index contributed by atoms with van der Waals surface area (Å²) < 4.78 is 0. The van der Waals surface area contributed by atoms with Gasteiger partial charge in [0.25, 0.3) is 0 Å². The molecular formula is C30H32N2NiO4. The van der Waals surface area contributed by atoms with E-state index in [2.05, 4.69) is 9.98 Å². The third-order valence-corrected chi connectivity index (χ3v) is 5.89. The van der Waals surface area contributed by atoms with Crippen LogP contribution in [0.25, 0.3) is 0 Å². The number of aliphatic imine (C=N–C) groups is 2. The average molecular weight is 543 g/mol. The molecule has 0 saturated heterocycles. The molecule has 0 fully saturated rings. The maximum Gasteiger partial charge on any atom is 0.153 e. The van der Waals surface area contributed by atoms with Gasteiger partial charge in [-0.2, -0.15) is 0 Å². The van der Waals surface area contributed by atoms with E-state index in [0.717, 1.165) is 11.1 Å². The molecule has 37 heavy (non-hydrogen) atoms. The first kappa shape index (κ1) is 29.7. The zero-order valence-electron chi connectivity index (χ0n) is 21.8. The van der Waals surface area contributed by atoms with Crippen LogP contribution in [0.2, 0.25) is 0 Å². The third-order valence-electron chi connectivity index (χ3n) is 5.89. The fourth-order valence-electron chi connectivity index (χ4n) is 3.56. The fraction of sp³-hybridized carbons (Fsp3) is 0.267. The van der Waals surface area contributed by atoms with Crippen LogP contribution in [-0.2, 0) is 27.3 Å². The Labute approximate surface area is 228 Å². The summed E-state index contributed by atoms with van der Waals surface area (Å²) in [4.78, 5) is 32.1. The maximum atomic E-state index is 11.5. The second-order valence-electron chi connectivity index (χ2n) is 10.7. The summed E-state index contributed by atoms with van der Waals surface area (Å²) in [7, 11) is 0. The molecule has 2 N–H and O–H groups in total. The van der Waals surface area contributed by atoms with E-state index in [1.165, 1.54) is 12.4 Å². The van der Waals surface area contributed by atoms with Gasteiger partial charge in [0.05, 0.1) is 22.5 Å². The van der Waals surface area contributed by atoms with Crippen molar-refractivity contribution in [3.05, 3.63) is 81.9 Å². The van der Waals surface area contributed by atoms with Crippen molar-refractivity contribution >= 4 is 36.4 Å². The molecule has 3 aromatic rings. The number of phenols is 2. The van der Waals surface area contributed by atoms with Gasteiger partial charge in [-0.3, -0.25) is 19.6 Å².